The van der Waals surface area contributed by atoms with Gasteiger partial charge in [-0.05, 0) is 45.2 Å². The minimum absolute atomic E-state index is 0. The molecule has 0 amide bonds. The minimum atomic E-state index is -0.0956. The Bertz CT molecular complexity index is 662. The number of aromatic nitrogens is 1. The number of anilines is 1. The fraction of sp³-hybridized carbons (Fsp3) is 0.667. The molecule has 7 nitrogen and oxygen atoms in total. The summed E-state index contributed by atoms with van der Waals surface area (Å²) in [6.45, 7) is 7.75. The van der Waals surface area contributed by atoms with Crippen LogP contribution in [0, 0.1) is 0 Å². The van der Waals surface area contributed by atoms with Crippen molar-refractivity contribution in [3.8, 4) is 0 Å². The van der Waals surface area contributed by atoms with Crippen molar-refractivity contribution in [1.82, 2.24) is 15.6 Å². The summed E-state index contributed by atoms with van der Waals surface area (Å²) in [6.07, 6.45) is 7.30. The van der Waals surface area contributed by atoms with Crippen LogP contribution in [0.2, 0.25) is 5.02 Å². The largest absolute Gasteiger partial charge is 0.466 e. The summed E-state index contributed by atoms with van der Waals surface area (Å²) in [6, 6.07) is 4.04. The third kappa shape index (κ3) is 9.68. The van der Waals surface area contributed by atoms with Crippen LogP contribution in [0.4, 0.5) is 5.82 Å². The molecule has 0 radical (unpaired) electrons. The molecule has 1 aromatic rings. The van der Waals surface area contributed by atoms with Crippen LogP contribution in [0.15, 0.2) is 23.3 Å². The molecule has 0 saturated carbocycles. The Morgan fingerprint density at radius 2 is 2.13 bits per heavy atom. The highest BCUT2D eigenvalue weighted by molar-refractivity contribution is 14.0. The molecule has 9 heteroatoms. The van der Waals surface area contributed by atoms with Crippen LogP contribution < -0.4 is 15.5 Å². The summed E-state index contributed by atoms with van der Waals surface area (Å²) in [7, 11) is 0. The van der Waals surface area contributed by atoms with E-state index in [2.05, 4.69) is 27.4 Å². The second-order valence-electron chi connectivity index (χ2n) is 7.11. The zero-order valence-corrected chi connectivity index (χ0v) is 21.1. The molecule has 1 fully saturated rings. The number of ether oxygens (including phenoxy) is 1. The van der Waals surface area contributed by atoms with E-state index in [1.165, 1.54) is 0 Å². The third-order valence-electron chi connectivity index (χ3n) is 4.78. The van der Waals surface area contributed by atoms with Gasteiger partial charge in [0.2, 0.25) is 0 Å². The number of nitrogens with zero attached hydrogens (tertiary/aromatic N) is 3. The Morgan fingerprint density at radius 3 is 2.87 bits per heavy atom. The molecule has 170 valence electrons. The number of hydrogen-bond donors (Lipinski definition) is 2. The van der Waals surface area contributed by atoms with Crippen LogP contribution in [0.3, 0.4) is 0 Å². The number of nitrogens with one attached hydrogen (secondary N) is 2. The first-order chi connectivity index (χ1) is 14.1. The molecule has 2 rings (SSSR count). The van der Waals surface area contributed by atoms with Gasteiger partial charge in [0.1, 0.15) is 5.82 Å². The second-order valence-corrected chi connectivity index (χ2v) is 7.52. The maximum Gasteiger partial charge on any atom is 0.305 e. The number of aliphatic imine (C=N–C) groups is 1. The number of hydrogen-bond acceptors (Lipinski definition) is 5. The van der Waals surface area contributed by atoms with Crippen molar-refractivity contribution in [1.29, 1.82) is 0 Å². The van der Waals surface area contributed by atoms with Gasteiger partial charge >= 0.3 is 5.97 Å². The van der Waals surface area contributed by atoms with Crippen molar-refractivity contribution in [3.05, 3.63) is 23.4 Å². The van der Waals surface area contributed by atoms with Crippen LogP contribution in [-0.2, 0) is 9.53 Å². The van der Waals surface area contributed by atoms with E-state index < -0.39 is 0 Å². The average molecular weight is 552 g/mol. The van der Waals surface area contributed by atoms with Crippen LogP contribution in [0.25, 0.3) is 0 Å². The van der Waals surface area contributed by atoms with Gasteiger partial charge in [0.15, 0.2) is 5.96 Å². The topological polar surface area (TPSA) is 78.8 Å². The van der Waals surface area contributed by atoms with Gasteiger partial charge in [-0.25, -0.2) is 4.98 Å². The molecule has 0 aliphatic carbocycles. The lowest BCUT2D eigenvalue weighted by atomic mass is 10.1. The van der Waals surface area contributed by atoms with Crippen molar-refractivity contribution >= 4 is 53.3 Å². The molecule has 1 aliphatic rings. The van der Waals surface area contributed by atoms with E-state index in [9.17, 15) is 4.79 Å². The van der Waals surface area contributed by atoms with E-state index in [0.717, 1.165) is 70.1 Å². The molecule has 0 aromatic carbocycles. The molecule has 1 unspecified atom stereocenters. The summed E-state index contributed by atoms with van der Waals surface area (Å²) in [5.74, 6) is 1.61. The Balaban J connectivity index is 0.00000450. The van der Waals surface area contributed by atoms with E-state index in [4.69, 9.17) is 21.3 Å². The van der Waals surface area contributed by atoms with Gasteiger partial charge in [-0.15, -0.1) is 24.0 Å². The Hall–Kier alpha value is -1.29. The quantitative estimate of drug-likeness (QED) is 0.142. The zero-order valence-electron chi connectivity index (χ0n) is 18.0. The molecule has 1 aromatic heterocycles. The smallest absolute Gasteiger partial charge is 0.305 e. The molecule has 1 saturated heterocycles. The highest BCUT2D eigenvalue weighted by Gasteiger charge is 2.25. The predicted octanol–water partition coefficient (Wildman–Crippen LogP) is 4.00. The summed E-state index contributed by atoms with van der Waals surface area (Å²) < 4.78 is 4.94. The van der Waals surface area contributed by atoms with Crippen molar-refractivity contribution in [2.24, 2.45) is 4.99 Å². The minimum Gasteiger partial charge on any atom is -0.466 e. The van der Waals surface area contributed by atoms with Crippen LogP contribution >= 0.6 is 35.6 Å². The Kier molecular flexibility index (Phi) is 13.8. The first-order valence-corrected chi connectivity index (χ1v) is 11.1. The maximum absolute atomic E-state index is 11.3. The zero-order chi connectivity index (χ0) is 20.9. The number of esters is 1. The van der Waals surface area contributed by atoms with Crippen molar-refractivity contribution in [2.45, 2.75) is 58.4 Å². The van der Waals surface area contributed by atoms with E-state index in [-0.39, 0.29) is 29.9 Å². The maximum atomic E-state index is 11.3. The van der Waals surface area contributed by atoms with Gasteiger partial charge in [-0.1, -0.05) is 24.4 Å². The first kappa shape index (κ1) is 26.7. The summed E-state index contributed by atoms with van der Waals surface area (Å²) >= 11 is 6.27. The van der Waals surface area contributed by atoms with Gasteiger partial charge < -0.3 is 20.3 Å². The van der Waals surface area contributed by atoms with Crippen molar-refractivity contribution in [3.63, 3.8) is 0 Å². The number of unbranched alkanes of at least 4 members (excludes halogenated alkanes) is 3. The number of guanidine groups is 1. The van der Waals surface area contributed by atoms with Gasteiger partial charge in [0.25, 0.3) is 0 Å². The second kappa shape index (κ2) is 15.5. The first-order valence-electron chi connectivity index (χ1n) is 10.7. The number of pyridine rings is 1. The number of rotatable bonds is 11. The molecule has 30 heavy (non-hydrogen) atoms. The van der Waals surface area contributed by atoms with Crippen LogP contribution in [-0.4, -0.2) is 55.7 Å². The number of carbonyl (C=O) groups is 1. The van der Waals surface area contributed by atoms with E-state index in [1.807, 2.05) is 19.1 Å². The van der Waals surface area contributed by atoms with Gasteiger partial charge in [-0.3, -0.25) is 9.79 Å². The molecular weight excluding hydrogens is 517 g/mol. The van der Waals surface area contributed by atoms with Gasteiger partial charge in [0.05, 0.1) is 11.6 Å². The van der Waals surface area contributed by atoms with E-state index >= 15 is 0 Å². The Labute approximate surface area is 202 Å². The van der Waals surface area contributed by atoms with E-state index in [0.29, 0.717) is 24.1 Å². The molecule has 0 spiro atoms. The number of halogens is 2. The van der Waals surface area contributed by atoms with Gasteiger partial charge in [-0.2, -0.15) is 0 Å². The van der Waals surface area contributed by atoms with E-state index in [1.54, 1.807) is 6.20 Å². The SMILES string of the molecule is CCNC(=NCCCCCCC(=O)OCC)NC1CCN(c2ncccc2Cl)C1.I. The highest BCUT2D eigenvalue weighted by atomic mass is 127. The van der Waals surface area contributed by atoms with Crippen LogP contribution in [0.5, 0.6) is 0 Å². The highest BCUT2D eigenvalue weighted by Crippen LogP contribution is 2.25. The fourth-order valence-electron chi connectivity index (χ4n) is 3.35. The average Bonchev–Trinajstić information content (AvgIpc) is 3.16. The Morgan fingerprint density at radius 1 is 1.33 bits per heavy atom. The monoisotopic (exact) mass is 551 g/mol. The fourth-order valence-corrected chi connectivity index (χ4v) is 3.59. The van der Waals surface area contributed by atoms with Gasteiger partial charge in [0, 0.05) is 44.8 Å². The summed E-state index contributed by atoms with van der Waals surface area (Å²) in [5.41, 5.74) is 0. The lowest BCUT2D eigenvalue weighted by molar-refractivity contribution is -0.143. The third-order valence-corrected chi connectivity index (χ3v) is 5.07. The molecule has 2 heterocycles. The normalized spacial score (nSPS) is 16.2. The predicted molar refractivity (Wildman–Crippen MR) is 134 cm³/mol. The molecular formula is C21H35ClIN5O2. The summed E-state index contributed by atoms with van der Waals surface area (Å²) in [4.78, 5) is 22.6. The standard InChI is InChI=1S/C21H34ClN5O2.HI/c1-3-23-21(25-13-8-6-5-7-11-19(28)29-4-2)26-17-12-15-27(16-17)20-18(22)10-9-14-24-20;/h9-10,14,17H,3-8,11-13,15-16H2,1-2H3,(H2,23,25,26);1H. The lowest BCUT2D eigenvalue weighted by Crippen LogP contribution is -2.44. The molecule has 0 bridgehead atoms. The molecule has 2 N–H and O–H groups in total. The molecule has 1 aliphatic heterocycles. The number of carbonyl (C=O) groups excluding carboxylic acids is 1. The lowest BCUT2D eigenvalue weighted by Gasteiger charge is -2.20. The summed E-state index contributed by atoms with van der Waals surface area (Å²) in [5, 5.41) is 7.55. The molecule has 1 atom stereocenters. The van der Waals surface area contributed by atoms with Crippen LogP contribution in [0.1, 0.15) is 52.4 Å². The van der Waals surface area contributed by atoms with Crippen molar-refractivity contribution < 1.29 is 9.53 Å². The van der Waals surface area contributed by atoms with Crippen molar-refractivity contribution in [2.75, 3.05) is 37.7 Å².